The zero-order valence-electron chi connectivity index (χ0n) is 19.8. The molecule has 0 saturated heterocycles. The van der Waals surface area contributed by atoms with Crippen LogP contribution in [0.1, 0.15) is 29.7 Å². The zero-order chi connectivity index (χ0) is 25.2. The summed E-state index contributed by atoms with van der Waals surface area (Å²) in [7, 11) is 2.08. The molecule has 0 bridgehead atoms. The number of nitrogens with one attached hydrogen (secondary N) is 1. The third-order valence-electron chi connectivity index (χ3n) is 5.34. The van der Waals surface area contributed by atoms with Gasteiger partial charge in [-0.25, -0.2) is 0 Å². The Hall–Kier alpha value is -3.74. The maximum atomic E-state index is 9.93. The lowest BCUT2D eigenvalue weighted by Crippen LogP contribution is -2.37. The highest BCUT2D eigenvalue weighted by Crippen LogP contribution is 2.33. The second-order valence-corrected chi connectivity index (χ2v) is 8.53. The minimum absolute atomic E-state index is 0.104. The van der Waals surface area contributed by atoms with E-state index in [1.54, 1.807) is 0 Å². The van der Waals surface area contributed by atoms with Gasteiger partial charge in [-0.2, -0.15) is 0 Å². The topological polar surface area (TPSA) is 71.0 Å². The van der Waals surface area contributed by atoms with Crippen LogP contribution in [0.25, 0.3) is 5.70 Å². The quantitative estimate of drug-likeness (QED) is 0.322. The molecule has 3 aromatic carbocycles. The van der Waals surface area contributed by atoms with E-state index < -0.39 is 5.91 Å². The molecule has 1 amide bonds. The molecule has 180 valence electrons. The summed E-state index contributed by atoms with van der Waals surface area (Å²) < 4.78 is 6.18. The summed E-state index contributed by atoms with van der Waals surface area (Å²) in [6, 6.07) is 26.5. The molecular weight excluding hydrogens is 462 g/mol. The third kappa shape index (κ3) is 7.37. The summed E-state index contributed by atoms with van der Waals surface area (Å²) in [6.45, 7) is 5.91. The highest BCUT2D eigenvalue weighted by atomic mass is 35.5. The number of hydrogen-bond donors (Lipinski definition) is 1. The van der Waals surface area contributed by atoms with Crippen LogP contribution >= 0.6 is 11.6 Å². The molecular formula is C28H28ClN3O3. The Bertz CT molecular complexity index is 1210. The van der Waals surface area contributed by atoms with E-state index in [1.807, 2.05) is 48.5 Å². The van der Waals surface area contributed by atoms with Gasteiger partial charge >= 0.3 is 5.91 Å². The lowest BCUT2D eigenvalue weighted by molar-refractivity contribution is -0.114. The van der Waals surface area contributed by atoms with Crippen LogP contribution in [0.15, 0.2) is 102 Å². The second kappa shape index (κ2) is 12.6. The van der Waals surface area contributed by atoms with Crippen molar-refractivity contribution in [3.63, 3.8) is 0 Å². The van der Waals surface area contributed by atoms with Crippen molar-refractivity contribution >= 4 is 23.2 Å². The standard InChI is InChI=1S/C24H23ClN2O.C4H5NO2/c1-27-17-26-22(19-10-7-11-20(25)14-19)15-23(27)21-12-5-6-13-24(21)28-16-18-8-3-2-4-9-18;1-3(2)4(6)5-7/h2-15,22,26H,16-17H2,1H3;1H2,2H3. The van der Waals surface area contributed by atoms with Crippen LogP contribution in [0.5, 0.6) is 5.75 Å². The number of halogens is 1. The molecule has 1 aliphatic heterocycles. The molecule has 0 radical (unpaired) electrons. The number of carbonyl (C=O) groups excluding carboxylic acids is 1. The van der Waals surface area contributed by atoms with E-state index in [4.69, 9.17) is 16.3 Å². The number of para-hydroxylation sites is 1. The first-order valence-corrected chi connectivity index (χ1v) is 11.5. The molecule has 0 saturated carbocycles. The molecule has 3 aromatic rings. The van der Waals surface area contributed by atoms with Crippen LogP contribution in [0.2, 0.25) is 5.02 Å². The largest absolute Gasteiger partial charge is 0.488 e. The van der Waals surface area contributed by atoms with Gasteiger partial charge in [-0.3, -0.25) is 10.1 Å². The van der Waals surface area contributed by atoms with Crippen LogP contribution in [-0.4, -0.2) is 24.5 Å². The van der Waals surface area contributed by atoms with Crippen molar-refractivity contribution < 1.29 is 9.53 Å². The number of amides is 1. The van der Waals surface area contributed by atoms with Crippen molar-refractivity contribution in [2.24, 2.45) is 5.18 Å². The molecule has 35 heavy (non-hydrogen) atoms. The average Bonchev–Trinajstić information content (AvgIpc) is 2.88. The van der Waals surface area contributed by atoms with Gasteiger partial charge in [0.1, 0.15) is 12.4 Å². The molecule has 1 unspecified atom stereocenters. The predicted octanol–water partition coefficient (Wildman–Crippen LogP) is 6.35. The van der Waals surface area contributed by atoms with Crippen LogP contribution in [0.4, 0.5) is 0 Å². The number of benzene rings is 3. The van der Waals surface area contributed by atoms with Crippen molar-refractivity contribution in [2.75, 3.05) is 13.7 Å². The molecule has 1 heterocycles. The van der Waals surface area contributed by atoms with Gasteiger partial charge in [0.15, 0.2) is 0 Å². The molecule has 1 N–H and O–H groups in total. The number of hydrogen-bond acceptors (Lipinski definition) is 5. The first-order chi connectivity index (χ1) is 16.9. The average molecular weight is 490 g/mol. The van der Waals surface area contributed by atoms with E-state index in [0.29, 0.717) is 6.61 Å². The lowest BCUT2D eigenvalue weighted by Gasteiger charge is -2.33. The van der Waals surface area contributed by atoms with Crippen LogP contribution < -0.4 is 10.1 Å². The van der Waals surface area contributed by atoms with Gasteiger partial charge in [0.25, 0.3) is 0 Å². The minimum atomic E-state index is -0.778. The number of ether oxygens (including phenoxy) is 1. The molecule has 0 spiro atoms. The minimum Gasteiger partial charge on any atom is -0.488 e. The Morgan fingerprint density at radius 2 is 1.83 bits per heavy atom. The van der Waals surface area contributed by atoms with E-state index in [0.717, 1.165) is 39.8 Å². The number of nitrogens with zero attached hydrogens (tertiary/aromatic N) is 2. The van der Waals surface area contributed by atoms with Crippen LogP contribution in [0, 0.1) is 4.91 Å². The molecule has 1 atom stereocenters. The summed E-state index contributed by atoms with van der Waals surface area (Å²) in [5.74, 6) is 0.108. The summed E-state index contributed by atoms with van der Waals surface area (Å²) in [4.78, 5) is 21.4. The van der Waals surface area contributed by atoms with Gasteiger partial charge in [-0.1, -0.05) is 72.8 Å². The SMILES string of the molecule is C=C(C)C(=O)N=O.CN1CNC(c2cccc(Cl)c2)C=C1c1ccccc1OCc1ccccc1. The van der Waals surface area contributed by atoms with Crippen LogP contribution in [0.3, 0.4) is 0 Å². The first kappa shape index (κ1) is 25.9. The van der Waals surface area contributed by atoms with Crippen molar-refractivity contribution in [1.29, 1.82) is 0 Å². The van der Waals surface area contributed by atoms with Crippen molar-refractivity contribution in [3.05, 3.63) is 124 Å². The van der Waals surface area contributed by atoms with Gasteiger partial charge in [0.05, 0.1) is 12.7 Å². The Balaban J connectivity index is 0.000000429. The Labute approximate surface area is 210 Å². The lowest BCUT2D eigenvalue weighted by atomic mass is 10.0. The number of carbonyl (C=O) groups is 1. The second-order valence-electron chi connectivity index (χ2n) is 8.09. The van der Waals surface area contributed by atoms with E-state index in [1.165, 1.54) is 6.92 Å². The highest BCUT2D eigenvalue weighted by molar-refractivity contribution is 6.30. The molecule has 6 nitrogen and oxygen atoms in total. The fourth-order valence-electron chi connectivity index (χ4n) is 3.49. The number of nitroso groups, excluding NO2 is 1. The smallest absolute Gasteiger partial charge is 0.311 e. The first-order valence-electron chi connectivity index (χ1n) is 11.1. The van der Waals surface area contributed by atoms with Crippen LogP contribution in [-0.2, 0) is 11.4 Å². The third-order valence-corrected chi connectivity index (χ3v) is 5.58. The fraction of sp³-hybridized carbons (Fsp3) is 0.179. The monoisotopic (exact) mass is 489 g/mol. The predicted molar refractivity (Wildman–Crippen MR) is 141 cm³/mol. The summed E-state index contributed by atoms with van der Waals surface area (Å²) in [5.41, 5.74) is 4.72. The normalized spacial score (nSPS) is 14.8. The molecule has 1 aliphatic rings. The summed E-state index contributed by atoms with van der Waals surface area (Å²) in [5, 5.41) is 6.39. The number of rotatable bonds is 6. The van der Waals surface area contributed by atoms with Gasteiger partial charge in [-0.15, -0.1) is 4.91 Å². The molecule has 0 aliphatic carbocycles. The molecule has 0 aromatic heterocycles. The fourth-order valence-corrected chi connectivity index (χ4v) is 3.69. The van der Waals surface area contributed by atoms with Crippen molar-refractivity contribution in [1.82, 2.24) is 10.2 Å². The molecule has 4 rings (SSSR count). The Morgan fingerprint density at radius 1 is 1.11 bits per heavy atom. The van der Waals surface area contributed by atoms with Gasteiger partial charge < -0.3 is 9.64 Å². The maximum absolute atomic E-state index is 9.93. The van der Waals surface area contributed by atoms with Gasteiger partial charge in [-0.05, 0) is 48.4 Å². The zero-order valence-corrected chi connectivity index (χ0v) is 20.5. The summed E-state index contributed by atoms with van der Waals surface area (Å²) >= 11 is 6.19. The molecule has 0 fully saturated rings. The van der Waals surface area contributed by atoms with Crippen molar-refractivity contribution in [3.8, 4) is 5.75 Å². The Morgan fingerprint density at radius 3 is 2.49 bits per heavy atom. The molecule has 7 heteroatoms. The highest BCUT2D eigenvalue weighted by Gasteiger charge is 2.21. The van der Waals surface area contributed by atoms with Gasteiger partial charge in [0.2, 0.25) is 0 Å². The van der Waals surface area contributed by atoms with Crippen molar-refractivity contribution in [2.45, 2.75) is 19.6 Å². The Kier molecular flexibility index (Phi) is 9.35. The summed E-state index contributed by atoms with van der Waals surface area (Å²) in [6.07, 6.45) is 2.24. The maximum Gasteiger partial charge on any atom is 0.311 e. The van der Waals surface area contributed by atoms with E-state index in [9.17, 15) is 9.70 Å². The van der Waals surface area contributed by atoms with Gasteiger partial charge in [0, 0.05) is 34.1 Å². The van der Waals surface area contributed by atoms with E-state index >= 15 is 0 Å². The van der Waals surface area contributed by atoms with E-state index in [2.05, 4.69) is 65.4 Å². The van der Waals surface area contributed by atoms with E-state index in [-0.39, 0.29) is 11.6 Å².